The minimum atomic E-state index is -1.07. The molecule has 0 amide bonds. The first kappa shape index (κ1) is 30.4. The molecule has 6 aromatic rings. The lowest BCUT2D eigenvalue weighted by Gasteiger charge is -2.28. The van der Waals surface area contributed by atoms with Gasteiger partial charge in [-0.15, -0.1) is 12.6 Å². The van der Waals surface area contributed by atoms with E-state index in [1.165, 1.54) is 11.6 Å². The monoisotopic (exact) mass is 611 g/mol. The number of carboxylic acid groups (broad SMARTS) is 1. The number of aromatic nitrogens is 3. The fourth-order valence-corrected chi connectivity index (χ4v) is 6.34. The van der Waals surface area contributed by atoms with Gasteiger partial charge >= 0.3 is 5.97 Å². The first-order valence-electron chi connectivity index (χ1n) is 15.1. The molecule has 0 saturated carbocycles. The first-order valence-corrected chi connectivity index (χ1v) is 15.5. The SMILES string of the molecule is CC(C)(C)c1cc(-c2nc3c(-c4cccc(C(=O)O)n4)cccc3n2-c2ccccc2-c2ccccc2)c(S)c(C(C)(C)C)c1. The van der Waals surface area contributed by atoms with Gasteiger partial charge in [0.2, 0.25) is 0 Å². The van der Waals surface area contributed by atoms with E-state index >= 15 is 0 Å². The molecule has 0 fully saturated rings. The highest BCUT2D eigenvalue weighted by atomic mass is 32.1. The smallest absolute Gasteiger partial charge is 0.354 e. The molecule has 1 N–H and O–H groups in total. The summed E-state index contributed by atoms with van der Waals surface area (Å²) in [5, 5.41) is 9.68. The average Bonchev–Trinajstić information content (AvgIpc) is 3.40. The minimum absolute atomic E-state index is 0.0103. The van der Waals surface area contributed by atoms with Gasteiger partial charge in [0.25, 0.3) is 0 Å². The van der Waals surface area contributed by atoms with E-state index in [4.69, 9.17) is 17.6 Å². The van der Waals surface area contributed by atoms with Gasteiger partial charge in [-0.1, -0.05) is 114 Å². The van der Waals surface area contributed by atoms with Gasteiger partial charge in [-0.25, -0.2) is 14.8 Å². The fraction of sp³-hybridized carbons (Fsp3) is 0.205. The lowest BCUT2D eigenvalue weighted by atomic mass is 9.79. The number of imidazole rings is 1. The van der Waals surface area contributed by atoms with E-state index in [0.29, 0.717) is 5.69 Å². The topological polar surface area (TPSA) is 68.0 Å². The molecule has 45 heavy (non-hydrogen) atoms. The van der Waals surface area contributed by atoms with Crippen LogP contribution in [0.1, 0.15) is 63.2 Å². The van der Waals surface area contributed by atoms with Gasteiger partial charge in [-0.2, -0.15) is 0 Å². The van der Waals surface area contributed by atoms with Crippen LogP contribution in [0.25, 0.3) is 50.5 Å². The average molecular weight is 612 g/mol. The molecule has 2 heterocycles. The third-order valence-corrected chi connectivity index (χ3v) is 8.67. The van der Waals surface area contributed by atoms with Gasteiger partial charge in [-0.05, 0) is 57.9 Å². The second-order valence-corrected chi connectivity index (χ2v) is 13.9. The number of rotatable bonds is 5. The Hall–Kier alpha value is -4.68. The van der Waals surface area contributed by atoms with Crippen LogP contribution < -0.4 is 0 Å². The first-order chi connectivity index (χ1) is 21.3. The van der Waals surface area contributed by atoms with Gasteiger partial charge < -0.3 is 5.11 Å². The summed E-state index contributed by atoms with van der Waals surface area (Å²) in [4.78, 5) is 22.6. The van der Waals surface area contributed by atoms with Crippen LogP contribution in [0.5, 0.6) is 0 Å². The predicted molar refractivity (Wildman–Crippen MR) is 187 cm³/mol. The number of aromatic carboxylic acids is 1. The van der Waals surface area contributed by atoms with E-state index in [9.17, 15) is 9.90 Å². The van der Waals surface area contributed by atoms with Crippen molar-refractivity contribution < 1.29 is 9.90 Å². The number of carbonyl (C=O) groups is 1. The van der Waals surface area contributed by atoms with Crippen LogP contribution in [-0.2, 0) is 10.8 Å². The normalized spacial score (nSPS) is 12.1. The molecule has 0 saturated heterocycles. The van der Waals surface area contributed by atoms with Crippen molar-refractivity contribution in [3.63, 3.8) is 0 Å². The van der Waals surface area contributed by atoms with E-state index in [1.807, 2.05) is 42.5 Å². The summed E-state index contributed by atoms with van der Waals surface area (Å²) in [6, 6.07) is 34.3. The second-order valence-electron chi connectivity index (χ2n) is 13.5. The quantitative estimate of drug-likeness (QED) is 0.190. The summed E-state index contributed by atoms with van der Waals surface area (Å²) in [6.07, 6.45) is 0. The Kier molecular flexibility index (Phi) is 7.66. The molecule has 4 aromatic carbocycles. The Labute approximate surface area is 270 Å². The lowest BCUT2D eigenvalue weighted by Crippen LogP contribution is -2.18. The van der Waals surface area contributed by atoms with Gasteiger partial charge in [0.15, 0.2) is 0 Å². The Balaban J connectivity index is 1.76. The number of thiol groups is 1. The zero-order chi connectivity index (χ0) is 32.1. The van der Waals surface area contributed by atoms with Crippen molar-refractivity contribution in [2.24, 2.45) is 0 Å². The van der Waals surface area contributed by atoms with E-state index < -0.39 is 5.97 Å². The van der Waals surface area contributed by atoms with Gasteiger partial charge in [0, 0.05) is 21.6 Å². The molecule has 2 aromatic heterocycles. The Morgan fingerprint density at radius 1 is 0.711 bits per heavy atom. The van der Waals surface area contributed by atoms with Crippen LogP contribution in [0.4, 0.5) is 0 Å². The van der Waals surface area contributed by atoms with Crippen LogP contribution in [-0.4, -0.2) is 25.6 Å². The van der Waals surface area contributed by atoms with Crippen LogP contribution >= 0.6 is 12.6 Å². The Bertz CT molecular complexity index is 2070. The molecule has 0 aliphatic rings. The van der Waals surface area contributed by atoms with Crippen molar-refractivity contribution >= 4 is 29.6 Å². The molecule has 0 unspecified atom stereocenters. The summed E-state index contributed by atoms with van der Waals surface area (Å²) < 4.78 is 2.22. The number of hydrogen-bond acceptors (Lipinski definition) is 4. The molecule has 0 bridgehead atoms. The van der Waals surface area contributed by atoms with Crippen LogP contribution in [0.2, 0.25) is 0 Å². The highest BCUT2D eigenvalue weighted by molar-refractivity contribution is 7.80. The number of fused-ring (bicyclic) bond motifs is 1. The van der Waals surface area contributed by atoms with Crippen molar-refractivity contribution in [1.29, 1.82) is 0 Å². The van der Waals surface area contributed by atoms with E-state index in [1.54, 1.807) is 6.07 Å². The summed E-state index contributed by atoms with van der Waals surface area (Å²) in [6.45, 7) is 13.3. The van der Waals surface area contributed by atoms with Crippen molar-refractivity contribution in [3.05, 3.63) is 120 Å². The van der Waals surface area contributed by atoms with Crippen LogP contribution in [0, 0.1) is 0 Å². The largest absolute Gasteiger partial charge is 0.477 e. The van der Waals surface area contributed by atoms with Gasteiger partial charge in [0.1, 0.15) is 11.5 Å². The summed E-state index contributed by atoms with van der Waals surface area (Å²) in [5.41, 5.74) is 9.10. The zero-order valence-corrected chi connectivity index (χ0v) is 27.4. The number of benzene rings is 4. The molecule has 0 spiro atoms. The molecular formula is C39H37N3O2S. The molecule has 0 aliphatic carbocycles. The molecule has 226 valence electrons. The fourth-order valence-electron chi connectivity index (χ4n) is 5.77. The second kappa shape index (κ2) is 11.4. The lowest BCUT2D eigenvalue weighted by molar-refractivity contribution is 0.0690. The summed E-state index contributed by atoms with van der Waals surface area (Å²) in [7, 11) is 0. The maximum Gasteiger partial charge on any atom is 0.354 e. The molecule has 6 rings (SSSR count). The van der Waals surface area contributed by atoms with Crippen LogP contribution in [0.3, 0.4) is 0 Å². The molecule has 0 aliphatic heterocycles. The Morgan fingerprint density at radius 2 is 1.38 bits per heavy atom. The minimum Gasteiger partial charge on any atom is -0.477 e. The maximum absolute atomic E-state index is 11.8. The highest BCUT2D eigenvalue weighted by Gasteiger charge is 2.28. The molecule has 6 heteroatoms. The summed E-state index contributed by atoms with van der Waals surface area (Å²) >= 11 is 5.20. The van der Waals surface area contributed by atoms with Gasteiger partial charge in [-0.3, -0.25) is 4.57 Å². The highest BCUT2D eigenvalue weighted by Crippen LogP contribution is 2.43. The van der Waals surface area contributed by atoms with Gasteiger partial charge in [0.05, 0.1) is 22.4 Å². The van der Waals surface area contributed by atoms with Crippen LogP contribution in [0.15, 0.2) is 108 Å². The zero-order valence-electron chi connectivity index (χ0n) is 26.5. The third-order valence-electron chi connectivity index (χ3n) is 8.18. The maximum atomic E-state index is 11.8. The predicted octanol–water partition coefficient (Wildman–Crippen LogP) is 10.0. The van der Waals surface area contributed by atoms with E-state index in [2.05, 4.69) is 99.6 Å². The van der Waals surface area contributed by atoms with E-state index in [-0.39, 0.29) is 16.5 Å². The van der Waals surface area contributed by atoms with Crippen molar-refractivity contribution in [3.8, 4) is 39.5 Å². The summed E-state index contributed by atoms with van der Waals surface area (Å²) in [5.74, 6) is -0.308. The van der Waals surface area contributed by atoms with Crippen molar-refractivity contribution in [1.82, 2.24) is 14.5 Å². The number of hydrogen-bond donors (Lipinski definition) is 2. The number of pyridine rings is 1. The molecular weight excluding hydrogens is 575 g/mol. The molecule has 0 atom stereocenters. The Morgan fingerprint density at radius 3 is 2.07 bits per heavy atom. The number of carboxylic acids is 1. The van der Waals surface area contributed by atoms with Crippen molar-refractivity contribution in [2.45, 2.75) is 57.3 Å². The van der Waals surface area contributed by atoms with Crippen molar-refractivity contribution in [2.75, 3.05) is 0 Å². The third kappa shape index (κ3) is 5.67. The molecule has 0 radical (unpaired) electrons. The molecule has 5 nitrogen and oxygen atoms in total. The standard InChI is InChI=1S/C39H37N3O2S/c1-38(2,3)25-22-28(35(45)29(23-25)39(4,5)6)36-41-34-27(30-18-13-19-31(40-30)37(43)44)17-12-21-33(34)42(36)32-20-11-10-16-26(32)24-14-8-7-9-15-24/h7-23,45H,1-6H3,(H,43,44). The number of nitrogens with zero attached hydrogens (tertiary/aromatic N) is 3. The number of para-hydroxylation sites is 2. The van der Waals surface area contributed by atoms with E-state index in [0.717, 1.165) is 55.3 Å².